The molecule has 0 aliphatic carbocycles. The highest BCUT2D eigenvalue weighted by atomic mass is 32.2. The molecule has 0 radical (unpaired) electrons. The van der Waals surface area contributed by atoms with Gasteiger partial charge in [0, 0.05) is 4.90 Å². The highest BCUT2D eigenvalue weighted by Crippen LogP contribution is 2.31. The predicted octanol–water partition coefficient (Wildman–Crippen LogP) is 4.00. The first-order valence-electron chi connectivity index (χ1n) is 6.28. The van der Waals surface area contributed by atoms with Crippen molar-refractivity contribution >= 4 is 27.6 Å². The van der Waals surface area contributed by atoms with Crippen molar-refractivity contribution in [1.29, 1.82) is 0 Å². The van der Waals surface area contributed by atoms with Crippen molar-refractivity contribution in [2.75, 3.05) is 0 Å². The largest absolute Gasteiger partial charge is 0.254 e. The van der Waals surface area contributed by atoms with Gasteiger partial charge in [0.05, 0.1) is 16.0 Å². The third-order valence-electron chi connectivity index (χ3n) is 3.46. The summed E-state index contributed by atoms with van der Waals surface area (Å²) >= 11 is 0. The molecule has 1 aliphatic heterocycles. The molecule has 2 atom stereocenters. The molecule has 1 heterocycles. The summed E-state index contributed by atoms with van der Waals surface area (Å²) < 4.78 is 12.6. The summed E-state index contributed by atoms with van der Waals surface area (Å²) in [5.74, 6) is 0.404. The van der Waals surface area contributed by atoms with Crippen LogP contribution >= 0.6 is 0 Å². The van der Waals surface area contributed by atoms with Gasteiger partial charge in [-0.15, -0.1) is 0 Å². The molecule has 0 aromatic heterocycles. The molecule has 2 aromatic carbocycles. The number of hydrogen-bond donors (Lipinski definition) is 0. The first-order chi connectivity index (χ1) is 8.66. The van der Waals surface area contributed by atoms with E-state index in [-0.39, 0.29) is 5.25 Å². The normalized spacial score (nSPS) is 22.4. The Kier molecular flexibility index (Phi) is 2.83. The van der Waals surface area contributed by atoms with Gasteiger partial charge in [0.1, 0.15) is 0 Å². The van der Waals surface area contributed by atoms with Crippen molar-refractivity contribution in [2.24, 2.45) is 5.92 Å². The van der Waals surface area contributed by atoms with Crippen LogP contribution in [0.2, 0.25) is 0 Å². The molecular formula is C16H16OS. The van der Waals surface area contributed by atoms with Crippen LogP contribution in [0.1, 0.15) is 19.4 Å². The Bertz CT molecular complexity index is 655. The molecule has 0 saturated carbocycles. The molecule has 2 unspecified atom stereocenters. The van der Waals surface area contributed by atoms with Crippen molar-refractivity contribution in [1.82, 2.24) is 0 Å². The molecule has 18 heavy (non-hydrogen) atoms. The van der Waals surface area contributed by atoms with Crippen molar-refractivity contribution in [3.8, 4) is 0 Å². The Balaban J connectivity index is 2.20. The van der Waals surface area contributed by atoms with Crippen molar-refractivity contribution < 1.29 is 4.21 Å². The van der Waals surface area contributed by atoms with E-state index in [2.05, 4.69) is 50.3 Å². The summed E-state index contributed by atoms with van der Waals surface area (Å²) in [6.07, 6.45) is 4.21. The van der Waals surface area contributed by atoms with Crippen LogP contribution in [-0.4, -0.2) is 9.46 Å². The molecule has 0 saturated heterocycles. The second-order valence-electron chi connectivity index (χ2n) is 5.10. The number of benzene rings is 2. The molecule has 0 bridgehead atoms. The van der Waals surface area contributed by atoms with Gasteiger partial charge in [0.2, 0.25) is 0 Å². The highest BCUT2D eigenvalue weighted by molar-refractivity contribution is 7.86. The van der Waals surface area contributed by atoms with Crippen molar-refractivity contribution in [2.45, 2.75) is 24.0 Å². The molecule has 0 N–H and O–H groups in total. The van der Waals surface area contributed by atoms with Gasteiger partial charge in [-0.05, 0) is 34.4 Å². The van der Waals surface area contributed by atoms with E-state index in [0.29, 0.717) is 5.92 Å². The molecular weight excluding hydrogens is 240 g/mol. The van der Waals surface area contributed by atoms with Gasteiger partial charge >= 0.3 is 0 Å². The minimum Gasteiger partial charge on any atom is -0.254 e. The second-order valence-corrected chi connectivity index (χ2v) is 6.68. The number of fused-ring (bicyclic) bond motifs is 2. The highest BCUT2D eigenvalue weighted by Gasteiger charge is 2.24. The number of rotatable bonds is 1. The summed E-state index contributed by atoms with van der Waals surface area (Å²) in [5.41, 5.74) is 1.10. The van der Waals surface area contributed by atoms with Crippen LogP contribution < -0.4 is 0 Å². The summed E-state index contributed by atoms with van der Waals surface area (Å²) in [7, 11) is -0.926. The maximum Gasteiger partial charge on any atom is 0.0608 e. The third-order valence-corrected chi connectivity index (χ3v) is 5.45. The lowest BCUT2D eigenvalue weighted by Crippen LogP contribution is -2.22. The molecule has 1 aliphatic rings. The predicted molar refractivity (Wildman–Crippen MR) is 78.0 cm³/mol. The average Bonchev–Trinajstić information content (AvgIpc) is 2.37. The monoisotopic (exact) mass is 256 g/mol. The lowest BCUT2D eigenvalue weighted by Gasteiger charge is -2.22. The smallest absolute Gasteiger partial charge is 0.0608 e. The Labute approximate surface area is 110 Å². The van der Waals surface area contributed by atoms with Crippen LogP contribution in [0.25, 0.3) is 16.8 Å². The van der Waals surface area contributed by atoms with E-state index >= 15 is 0 Å². The van der Waals surface area contributed by atoms with E-state index in [4.69, 9.17) is 0 Å². The quantitative estimate of drug-likeness (QED) is 0.753. The zero-order valence-corrected chi connectivity index (χ0v) is 11.4. The zero-order chi connectivity index (χ0) is 12.7. The van der Waals surface area contributed by atoms with Crippen molar-refractivity contribution in [3.05, 3.63) is 48.0 Å². The molecule has 2 aromatic rings. The van der Waals surface area contributed by atoms with E-state index in [9.17, 15) is 4.21 Å². The molecule has 0 amide bonds. The minimum atomic E-state index is -0.926. The molecule has 92 valence electrons. The van der Waals surface area contributed by atoms with Crippen LogP contribution in [0.3, 0.4) is 0 Å². The van der Waals surface area contributed by atoms with Gasteiger partial charge in [-0.3, -0.25) is 4.21 Å². The van der Waals surface area contributed by atoms with Gasteiger partial charge < -0.3 is 0 Å². The van der Waals surface area contributed by atoms with Gasteiger partial charge in [-0.1, -0.05) is 50.3 Å². The molecule has 3 rings (SSSR count). The Morgan fingerprint density at radius 1 is 1.11 bits per heavy atom. The standard InChI is InChI=1S/C16H16OS/c1-11(2)15-8-7-14-9-12-5-3-4-6-13(12)10-16(14)18(15)17/h3-11,15H,1-2H3. The van der Waals surface area contributed by atoms with Crippen LogP contribution in [-0.2, 0) is 10.8 Å². The second kappa shape index (κ2) is 4.36. The van der Waals surface area contributed by atoms with E-state index in [1.54, 1.807) is 0 Å². The fourth-order valence-electron chi connectivity index (χ4n) is 2.43. The van der Waals surface area contributed by atoms with Gasteiger partial charge in [-0.2, -0.15) is 0 Å². The third kappa shape index (κ3) is 1.81. The van der Waals surface area contributed by atoms with Crippen molar-refractivity contribution in [3.63, 3.8) is 0 Å². The Morgan fingerprint density at radius 2 is 1.78 bits per heavy atom. The molecule has 1 nitrogen and oxygen atoms in total. The maximum atomic E-state index is 12.6. The minimum absolute atomic E-state index is 0.138. The first kappa shape index (κ1) is 11.7. The lowest BCUT2D eigenvalue weighted by molar-refractivity contribution is 0.629. The average molecular weight is 256 g/mol. The van der Waals surface area contributed by atoms with Crippen LogP contribution in [0.15, 0.2) is 47.4 Å². The summed E-state index contributed by atoms with van der Waals surface area (Å²) in [4.78, 5) is 0.981. The van der Waals surface area contributed by atoms with E-state index in [1.165, 1.54) is 10.8 Å². The van der Waals surface area contributed by atoms with Crippen LogP contribution in [0.4, 0.5) is 0 Å². The molecule has 2 heteroatoms. The van der Waals surface area contributed by atoms with E-state index in [1.807, 2.05) is 12.1 Å². The topological polar surface area (TPSA) is 17.1 Å². The van der Waals surface area contributed by atoms with E-state index < -0.39 is 10.8 Å². The van der Waals surface area contributed by atoms with Gasteiger partial charge in [-0.25, -0.2) is 0 Å². The van der Waals surface area contributed by atoms with Gasteiger partial charge in [0.15, 0.2) is 0 Å². The summed E-state index contributed by atoms with van der Waals surface area (Å²) in [6.45, 7) is 4.25. The zero-order valence-electron chi connectivity index (χ0n) is 10.6. The Hall–Kier alpha value is -1.41. The fourth-order valence-corrected chi connectivity index (χ4v) is 4.04. The Morgan fingerprint density at radius 3 is 2.44 bits per heavy atom. The van der Waals surface area contributed by atoms with E-state index in [0.717, 1.165) is 10.5 Å². The lowest BCUT2D eigenvalue weighted by atomic mass is 10.0. The molecule has 0 fully saturated rings. The van der Waals surface area contributed by atoms with Crippen LogP contribution in [0, 0.1) is 5.92 Å². The molecule has 0 spiro atoms. The number of hydrogen-bond acceptors (Lipinski definition) is 1. The van der Waals surface area contributed by atoms with Gasteiger partial charge in [0.25, 0.3) is 0 Å². The fraction of sp³-hybridized carbons (Fsp3) is 0.250. The maximum absolute atomic E-state index is 12.6. The van der Waals surface area contributed by atoms with Crippen LogP contribution in [0.5, 0.6) is 0 Å². The first-order valence-corrected chi connectivity index (χ1v) is 7.49. The SMILES string of the molecule is CC(C)C1C=Cc2cc3ccccc3cc2S1=O. The summed E-state index contributed by atoms with van der Waals surface area (Å²) in [5, 5.41) is 2.52. The summed E-state index contributed by atoms with van der Waals surface area (Å²) in [6, 6.07) is 12.5.